The van der Waals surface area contributed by atoms with Crippen LogP contribution in [0.5, 0.6) is 0 Å². The molecule has 0 aromatic rings. The summed E-state index contributed by atoms with van der Waals surface area (Å²) in [5, 5.41) is 2.89. The third-order valence-electron chi connectivity index (χ3n) is 6.90. The number of hydrogen-bond acceptors (Lipinski definition) is 8. The molecule has 3 rings (SSSR count). The lowest BCUT2D eigenvalue weighted by molar-refractivity contribution is -0.171. The van der Waals surface area contributed by atoms with E-state index in [0.717, 1.165) is 12.8 Å². The molecule has 2 aliphatic heterocycles. The SMILES string of the molecule is C=CCC(NCC(=O)O[C@@H]1CC[C@]2(CO2)[C@@H]([C@]2(C)O[C@@H]2CC=C(C)C)[C@@H]1OC)C(=O)OC. The van der Waals surface area contributed by atoms with Gasteiger partial charge in [-0.15, -0.1) is 6.58 Å². The number of esters is 2. The first-order valence-electron chi connectivity index (χ1n) is 11.3. The van der Waals surface area contributed by atoms with Crippen molar-refractivity contribution in [1.82, 2.24) is 5.32 Å². The summed E-state index contributed by atoms with van der Waals surface area (Å²) in [6.45, 7) is 10.5. The first-order valence-corrected chi connectivity index (χ1v) is 11.3. The molecule has 7 atom stereocenters. The number of epoxide rings is 2. The van der Waals surface area contributed by atoms with E-state index in [-0.39, 0.29) is 35.9 Å². The van der Waals surface area contributed by atoms with Crippen molar-refractivity contribution in [1.29, 1.82) is 0 Å². The molecule has 0 radical (unpaired) electrons. The van der Waals surface area contributed by atoms with Crippen molar-refractivity contribution in [2.75, 3.05) is 27.4 Å². The van der Waals surface area contributed by atoms with Crippen LogP contribution in [0.2, 0.25) is 0 Å². The smallest absolute Gasteiger partial charge is 0.323 e. The highest BCUT2D eigenvalue weighted by Crippen LogP contribution is 2.59. The standard InChI is InChI=1S/C24H37NO7/c1-7-8-16(22(27)29-6)25-13-19(26)31-17-11-12-24(14-30-24)21(20(17)28-5)23(4)18(32-23)10-9-15(2)3/h7,9,16-18,20-21,25H,1,8,10-14H2,2-6H3/t16?,17-,18-,20-,21-,23-,24+/m1/s1. The summed E-state index contributed by atoms with van der Waals surface area (Å²) >= 11 is 0. The summed E-state index contributed by atoms with van der Waals surface area (Å²) in [7, 11) is 2.96. The Morgan fingerprint density at radius 2 is 2.03 bits per heavy atom. The van der Waals surface area contributed by atoms with Crippen LogP contribution < -0.4 is 5.32 Å². The number of methoxy groups -OCH3 is 2. The van der Waals surface area contributed by atoms with E-state index in [9.17, 15) is 9.59 Å². The Labute approximate surface area is 190 Å². The van der Waals surface area contributed by atoms with E-state index in [0.29, 0.717) is 19.4 Å². The van der Waals surface area contributed by atoms with Crippen LogP contribution in [0.15, 0.2) is 24.3 Å². The molecule has 32 heavy (non-hydrogen) atoms. The molecule has 1 saturated carbocycles. The molecule has 0 aromatic carbocycles. The Bertz CT molecular complexity index is 743. The van der Waals surface area contributed by atoms with Crippen LogP contribution in [0.1, 0.15) is 46.5 Å². The highest BCUT2D eigenvalue weighted by Gasteiger charge is 2.72. The number of carbonyl (C=O) groups excluding carboxylic acids is 2. The van der Waals surface area contributed by atoms with Gasteiger partial charge < -0.3 is 23.7 Å². The Hall–Kier alpha value is -1.74. The van der Waals surface area contributed by atoms with Crippen molar-refractivity contribution in [2.24, 2.45) is 5.92 Å². The molecule has 1 spiro atoms. The summed E-state index contributed by atoms with van der Waals surface area (Å²) in [6, 6.07) is -0.639. The van der Waals surface area contributed by atoms with Gasteiger partial charge in [0.15, 0.2) is 0 Å². The molecule has 3 fully saturated rings. The summed E-state index contributed by atoms with van der Waals surface area (Å²) < 4.78 is 28.6. The van der Waals surface area contributed by atoms with Gasteiger partial charge in [-0.1, -0.05) is 17.7 Å². The zero-order valence-corrected chi connectivity index (χ0v) is 19.8. The normalized spacial score (nSPS) is 36.2. The zero-order chi connectivity index (χ0) is 23.5. The van der Waals surface area contributed by atoms with Gasteiger partial charge >= 0.3 is 11.9 Å². The van der Waals surface area contributed by atoms with E-state index in [1.165, 1.54) is 12.7 Å². The second kappa shape index (κ2) is 10.0. The van der Waals surface area contributed by atoms with Gasteiger partial charge in [-0.2, -0.15) is 0 Å². The fourth-order valence-corrected chi connectivity index (χ4v) is 5.06. The Morgan fingerprint density at radius 1 is 1.31 bits per heavy atom. The van der Waals surface area contributed by atoms with Crippen LogP contribution >= 0.6 is 0 Å². The predicted octanol–water partition coefficient (Wildman–Crippen LogP) is 2.31. The molecular formula is C24H37NO7. The summed E-state index contributed by atoms with van der Waals surface area (Å²) in [4.78, 5) is 24.4. The Kier molecular flexibility index (Phi) is 7.81. The van der Waals surface area contributed by atoms with Crippen LogP contribution in [0.3, 0.4) is 0 Å². The average molecular weight is 452 g/mol. The van der Waals surface area contributed by atoms with Gasteiger partial charge in [0, 0.05) is 7.11 Å². The molecule has 0 aromatic heterocycles. The molecule has 0 bridgehead atoms. The molecule has 1 unspecified atom stereocenters. The van der Waals surface area contributed by atoms with E-state index in [2.05, 4.69) is 38.7 Å². The highest BCUT2D eigenvalue weighted by molar-refractivity contribution is 5.78. The number of carbonyl (C=O) groups is 2. The largest absolute Gasteiger partial charge is 0.468 e. The predicted molar refractivity (Wildman–Crippen MR) is 118 cm³/mol. The molecule has 8 nitrogen and oxygen atoms in total. The lowest BCUT2D eigenvalue weighted by Gasteiger charge is -2.42. The van der Waals surface area contributed by atoms with E-state index in [4.69, 9.17) is 23.7 Å². The minimum atomic E-state index is -0.639. The van der Waals surface area contributed by atoms with Gasteiger partial charge in [0.25, 0.3) is 0 Å². The average Bonchev–Trinajstić information content (AvgIpc) is 3.67. The van der Waals surface area contributed by atoms with Gasteiger partial charge in [0.2, 0.25) is 0 Å². The number of hydrogen-bond donors (Lipinski definition) is 1. The van der Waals surface area contributed by atoms with Crippen LogP contribution in [0, 0.1) is 5.92 Å². The summed E-state index contributed by atoms with van der Waals surface area (Å²) in [6.07, 6.45) is 5.78. The molecule has 2 heterocycles. The van der Waals surface area contributed by atoms with Crippen LogP contribution in [0.25, 0.3) is 0 Å². The van der Waals surface area contributed by atoms with Gasteiger partial charge in [-0.05, 0) is 46.5 Å². The Balaban J connectivity index is 1.64. The van der Waals surface area contributed by atoms with Crippen molar-refractivity contribution in [2.45, 2.75) is 82.0 Å². The van der Waals surface area contributed by atoms with Gasteiger partial charge in [0.05, 0.1) is 32.3 Å². The number of ether oxygens (including phenoxy) is 5. The minimum absolute atomic E-state index is 0.0290. The molecule has 3 aliphatic rings. The maximum Gasteiger partial charge on any atom is 0.323 e. The molecule has 2 saturated heterocycles. The van der Waals surface area contributed by atoms with Crippen LogP contribution in [0.4, 0.5) is 0 Å². The van der Waals surface area contributed by atoms with E-state index in [1.54, 1.807) is 13.2 Å². The number of nitrogens with one attached hydrogen (secondary N) is 1. The molecule has 1 N–H and O–H groups in total. The van der Waals surface area contributed by atoms with Crippen LogP contribution in [-0.2, 0) is 33.3 Å². The van der Waals surface area contributed by atoms with E-state index in [1.807, 2.05) is 0 Å². The second-order valence-electron chi connectivity index (χ2n) is 9.39. The zero-order valence-electron chi connectivity index (χ0n) is 19.8. The summed E-state index contributed by atoms with van der Waals surface area (Å²) in [5.74, 6) is -0.915. The number of rotatable bonds is 11. The first kappa shape index (κ1) is 24.9. The molecule has 8 heteroatoms. The fourth-order valence-electron chi connectivity index (χ4n) is 5.06. The summed E-state index contributed by atoms with van der Waals surface area (Å²) in [5.41, 5.74) is 0.607. The fraction of sp³-hybridized carbons (Fsp3) is 0.750. The molecular weight excluding hydrogens is 414 g/mol. The van der Waals surface area contributed by atoms with Gasteiger partial charge in [0.1, 0.15) is 29.5 Å². The lowest BCUT2D eigenvalue weighted by Crippen LogP contribution is -2.56. The van der Waals surface area contributed by atoms with Gasteiger partial charge in [-0.3, -0.25) is 14.9 Å². The lowest BCUT2D eigenvalue weighted by atomic mass is 9.68. The molecule has 1 aliphatic carbocycles. The topological polar surface area (TPSA) is 98.9 Å². The maximum atomic E-state index is 12.6. The van der Waals surface area contributed by atoms with E-state index >= 15 is 0 Å². The second-order valence-corrected chi connectivity index (χ2v) is 9.39. The van der Waals surface area contributed by atoms with E-state index < -0.39 is 24.1 Å². The monoisotopic (exact) mass is 451 g/mol. The van der Waals surface area contributed by atoms with Gasteiger partial charge in [-0.25, -0.2) is 0 Å². The van der Waals surface area contributed by atoms with Crippen LogP contribution in [-0.4, -0.2) is 74.9 Å². The minimum Gasteiger partial charge on any atom is -0.468 e. The molecule has 180 valence electrons. The third-order valence-corrected chi connectivity index (χ3v) is 6.90. The van der Waals surface area contributed by atoms with Crippen molar-refractivity contribution >= 4 is 11.9 Å². The maximum absolute atomic E-state index is 12.6. The Morgan fingerprint density at radius 3 is 2.59 bits per heavy atom. The van der Waals surface area contributed by atoms with Crippen molar-refractivity contribution < 1.29 is 33.3 Å². The number of allylic oxidation sites excluding steroid dienone is 1. The van der Waals surface area contributed by atoms with Crippen molar-refractivity contribution in [3.05, 3.63) is 24.3 Å². The molecule has 0 amide bonds. The first-order chi connectivity index (χ1) is 15.2. The third kappa shape index (κ3) is 5.25. The van der Waals surface area contributed by atoms with Crippen molar-refractivity contribution in [3.63, 3.8) is 0 Å². The van der Waals surface area contributed by atoms with Crippen molar-refractivity contribution in [3.8, 4) is 0 Å². The highest BCUT2D eigenvalue weighted by atomic mass is 16.6. The quantitative estimate of drug-likeness (QED) is 0.290.